The second-order valence-electron chi connectivity index (χ2n) is 7.57. The maximum atomic E-state index is 10.7. The van der Waals surface area contributed by atoms with E-state index in [4.69, 9.17) is 0 Å². The lowest BCUT2D eigenvalue weighted by Crippen LogP contribution is -2.34. The predicted octanol–water partition coefficient (Wildman–Crippen LogP) is 4.81. The maximum absolute atomic E-state index is 10.7. The molecule has 0 spiro atoms. The van der Waals surface area contributed by atoms with Crippen LogP contribution >= 0.6 is 0 Å². The normalized spacial score (nSPS) is 30.7. The van der Waals surface area contributed by atoms with Crippen LogP contribution in [-0.4, -0.2) is 11.2 Å². The summed E-state index contributed by atoms with van der Waals surface area (Å²) >= 11 is 0. The van der Waals surface area contributed by atoms with Crippen molar-refractivity contribution in [2.75, 3.05) is 0 Å². The van der Waals surface area contributed by atoms with Crippen LogP contribution in [0.15, 0.2) is 18.2 Å². The smallest absolute Gasteiger partial charge is 0.0608 e. The number of aryl methyl sites for hydroxylation is 2. The van der Waals surface area contributed by atoms with Gasteiger partial charge in [-0.05, 0) is 74.0 Å². The van der Waals surface area contributed by atoms with E-state index in [0.717, 1.165) is 18.3 Å². The van der Waals surface area contributed by atoms with E-state index in [1.54, 1.807) is 0 Å². The standard InChI is InChI=1S/C20H30O/c1-14-7-8-16(11-15(14)2)12-20(21)19-10-9-17-5-3-4-6-18(17)13-19/h7-8,11,17-21H,3-6,9-10,12-13H2,1-2H3. The predicted molar refractivity (Wildman–Crippen MR) is 88.4 cm³/mol. The zero-order valence-electron chi connectivity index (χ0n) is 13.6. The Hall–Kier alpha value is -0.820. The van der Waals surface area contributed by atoms with Gasteiger partial charge in [-0.2, -0.15) is 0 Å². The van der Waals surface area contributed by atoms with Crippen molar-refractivity contribution in [2.24, 2.45) is 17.8 Å². The summed E-state index contributed by atoms with van der Waals surface area (Å²) in [4.78, 5) is 0. The highest BCUT2D eigenvalue weighted by molar-refractivity contribution is 5.30. The molecule has 21 heavy (non-hydrogen) atoms. The molecule has 0 bridgehead atoms. The van der Waals surface area contributed by atoms with Crippen LogP contribution in [0.2, 0.25) is 0 Å². The minimum Gasteiger partial charge on any atom is -0.392 e. The van der Waals surface area contributed by atoms with Crippen molar-refractivity contribution >= 4 is 0 Å². The number of aliphatic hydroxyl groups is 1. The molecule has 0 saturated heterocycles. The molecule has 116 valence electrons. The average molecular weight is 286 g/mol. The summed E-state index contributed by atoms with van der Waals surface area (Å²) in [5.41, 5.74) is 3.99. The number of hydrogen-bond acceptors (Lipinski definition) is 1. The van der Waals surface area contributed by atoms with E-state index in [0.29, 0.717) is 5.92 Å². The molecular formula is C20H30O. The van der Waals surface area contributed by atoms with Gasteiger partial charge < -0.3 is 5.11 Å². The molecule has 3 rings (SSSR count). The first kappa shape index (κ1) is 15.1. The zero-order valence-corrected chi connectivity index (χ0v) is 13.6. The minimum atomic E-state index is -0.144. The molecule has 0 amide bonds. The van der Waals surface area contributed by atoms with E-state index in [9.17, 15) is 5.11 Å². The van der Waals surface area contributed by atoms with Gasteiger partial charge >= 0.3 is 0 Å². The van der Waals surface area contributed by atoms with E-state index < -0.39 is 0 Å². The van der Waals surface area contributed by atoms with Crippen LogP contribution in [0.1, 0.15) is 61.6 Å². The second-order valence-corrected chi connectivity index (χ2v) is 7.57. The van der Waals surface area contributed by atoms with E-state index in [1.165, 1.54) is 61.6 Å². The van der Waals surface area contributed by atoms with Crippen molar-refractivity contribution in [1.29, 1.82) is 0 Å². The fraction of sp³-hybridized carbons (Fsp3) is 0.700. The minimum absolute atomic E-state index is 0.144. The highest BCUT2D eigenvalue weighted by Crippen LogP contribution is 2.43. The van der Waals surface area contributed by atoms with Gasteiger partial charge in [-0.1, -0.05) is 43.9 Å². The number of rotatable bonds is 3. The van der Waals surface area contributed by atoms with Crippen molar-refractivity contribution in [3.05, 3.63) is 34.9 Å². The molecule has 1 aromatic carbocycles. The molecule has 0 aromatic heterocycles. The largest absolute Gasteiger partial charge is 0.392 e. The maximum Gasteiger partial charge on any atom is 0.0608 e. The van der Waals surface area contributed by atoms with Crippen LogP contribution in [0.25, 0.3) is 0 Å². The summed E-state index contributed by atoms with van der Waals surface area (Å²) in [6, 6.07) is 6.64. The highest BCUT2D eigenvalue weighted by atomic mass is 16.3. The van der Waals surface area contributed by atoms with Gasteiger partial charge in [0.15, 0.2) is 0 Å². The van der Waals surface area contributed by atoms with E-state index >= 15 is 0 Å². The molecule has 2 aliphatic rings. The summed E-state index contributed by atoms with van der Waals surface area (Å²) < 4.78 is 0. The molecule has 4 unspecified atom stereocenters. The van der Waals surface area contributed by atoms with Gasteiger partial charge in [-0.15, -0.1) is 0 Å². The van der Waals surface area contributed by atoms with Gasteiger partial charge in [0.05, 0.1) is 6.10 Å². The second kappa shape index (κ2) is 6.52. The molecule has 0 aliphatic heterocycles. The Morgan fingerprint density at radius 2 is 1.76 bits per heavy atom. The molecule has 1 aromatic rings. The van der Waals surface area contributed by atoms with E-state index in [-0.39, 0.29) is 6.10 Å². The molecule has 2 fully saturated rings. The third-order valence-corrected chi connectivity index (χ3v) is 6.14. The quantitative estimate of drug-likeness (QED) is 0.845. The Morgan fingerprint density at radius 3 is 2.52 bits per heavy atom. The monoisotopic (exact) mass is 286 g/mol. The molecule has 4 atom stereocenters. The summed E-state index contributed by atoms with van der Waals surface area (Å²) in [6.07, 6.45) is 10.3. The fourth-order valence-electron chi connectivity index (χ4n) is 4.60. The van der Waals surface area contributed by atoms with Crippen LogP contribution in [-0.2, 0) is 6.42 Å². The lowest BCUT2D eigenvalue weighted by Gasteiger charge is -2.40. The van der Waals surface area contributed by atoms with Gasteiger partial charge in [0, 0.05) is 0 Å². The molecular weight excluding hydrogens is 256 g/mol. The van der Waals surface area contributed by atoms with Crippen LogP contribution in [0, 0.1) is 31.6 Å². The third-order valence-electron chi connectivity index (χ3n) is 6.14. The molecule has 1 nitrogen and oxygen atoms in total. The zero-order chi connectivity index (χ0) is 14.8. The van der Waals surface area contributed by atoms with Crippen molar-refractivity contribution in [3.8, 4) is 0 Å². The Morgan fingerprint density at radius 1 is 1.00 bits per heavy atom. The summed E-state index contributed by atoms with van der Waals surface area (Å²) in [7, 11) is 0. The van der Waals surface area contributed by atoms with Crippen molar-refractivity contribution in [2.45, 2.75) is 71.3 Å². The first-order valence-electron chi connectivity index (χ1n) is 8.87. The first-order chi connectivity index (χ1) is 10.1. The van der Waals surface area contributed by atoms with Gasteiger partial charge in [-0.3, -0.25) is 0 Å². The van der Waals surface area contributed by atoms with Crippen LogP contribution < -0.4 is 0 Å². The topological polar surface area (TPSA) is 20.2 Å². The molecule has 0 radical (unpaired) electrons. The van der Waals surface area contributed by atoms with Gasteiger partial charge in [0.2, 0.25) is 0 Å². The van der Waals surface area contributed by atoms with Gasteiger partial charge in [0.1, 0.15) is 0 Å². The summed E-state index contributed by atoms with van der Waals surface area (Å²) in [5.74, 6) is 2.42. The average Bonchev–Trinajstić information content (AvgIpc) is 2.50. The highest BCUT2D eigenvalue weighted by Gasteiger charge is 2.34. The number of fused-ring (bicyclic) bond motifs is 1. The summed E-state index contributed by atoms with van der Waals surface area (Å²) in [5, 5.41) is 10.7. The molecule has 2 saturated carbocycles. The molecule has 2 aliphatic carbocycles. The van der Waals surface area contributed by atoms with Gasteiger partial charge in [0.25, 0.3) is 0 Å². The Kier molecular flexibility index (Phi) is 4.69. The Balaban J connectivity index is 1.60. The van der Waals surface area contributed by atoms with Gasteiger partial charge in [-0.25, -0.2) is 0 Å². The number of benzene rings is 1. The number of hydrogen-bond donors (Lipinski definition) is 1. The Labute approximate surface area is 129 Å². The third kappa shape index (κ3) is 3.51. The number of aliphatic hydroxyl groups excluding tert-OH is 1. The molecule has 1 heteroatoms. The van der Waals surface area contributed by atoms with E-state index in [2.05, 4.69) is 32.0 Å². The van der Waals surface area contributed by atoms with Crippen LogP contribution in [0.5, 0.6) is 0 Å². The van der Waals surface area contributed by atoms with Crippen LogP contribution in [0.4, 0.5) is 0 Å². The lowest BCUT2D eigenvalue weighted by molar-refractivity contribution is 0.0361. The Bertz CT molecular complexity index is 479. The van der Waals surface area contributed by atoms with E-state index in [1.807, 2.05) is 0 Å². The van der Waals surface area contributed by atoms with Crippen molar-refractivity contribution < 1.29 is 5.11 Å². The SMILES string of the molecule is Cc1ccc(CC(O)C2CCC3CCCCC3C2)cc1C. The fourth-order valence-corrected chi connectivity index (χ4v) is 4.60. The lowest BCUT2D eigenvalue weighted by atomic mass is 9.66. The first-order valence-corrected chi connectivity index (χ1v) is 8.87. The van der Waals surface area contributed by atoms with Crippen molar-refractivity contribution in [3.63, 3.8) is 0 Å². The molecule has 1 N–H and O–H groups in total. The molecule has 0 heterocycles. The summed E-state index contributed by atoms with van der Waals surface area (Å²) in [6.45, 7) is 4.32. The van der Waals surface area contributed by atoms with Crippen molar-refractivity contribution in [1.82, 2.24) is 0 Å². The van der Waals surface area contributed by atoms with Crippen LogP contribution in [0.3, 0.4) is 0 Å².